The summed E-state index contributed by atoms with van der Waals surface area (Å²) >= 11 is 0. The topological polar surface area (TPSA) is 42.2 Å². The summed E-state index contributed by atoms with van der Waals surface area (Å²) in [6.07, 6.45) is 2.94. The molecular formula is C14H17NO2. The van der Waals surface area contributed by atoms with E-state index in [0.717, 1.165) is 29.5 Å². The van der Waals surface area contributed by atoms with Gasteiger partial charge in [0.05, 0.1) is 11.1 Å². The summed E-state index contributed by atoms with van der Waals surface area (Å²) in [5.74, 6) is -0.856. The lowest BCUT2D eigenvalue weighted by Gasteiger charge is -2.07. The van der Waals surface area contributed by atoms with Gasteiger partial charge in [0.15, 0.2) is 0 Å². The van der Waals surface area contributed by atoms with Crippen molar-refractivity contribution >= 4 is 16.9 Å². The van der Waals surface area contributed by atoms with Gasteiger partial charge in [0.2, 0.25) is 0 Å². The van der Waals surface area contributed by atoms with Gasteiger partial charge >= 0.3 is 5.97 Å². The van der Waals surface area contributed by atoms with Crippen molar-refractivity contribution < 1.29 is 9.90 Å². The Labute approximate surface area is 101 Å². The second-order valence-electron chi connectivity index (χ2n) is 4.29. The van der Waals surface area contributed by atoms with E-state index in [1.807, 2.05) is 6.92 Å². The summed E-state index contributed by atoms with van der Waals surface area (Å²) in [5, 5.41) is 10.2. The van der Waals surface area contributed by atoms with Gasteiger partial charge in [-0.1, -0.05) is 6.92 Å². The Balaban J connectivity index is 2.84. The number of aryl methyl sites for hydroxylation is 3. The van der Waals surface area contributed by atoms with E-state index in [9.17, 15) is 4.79 Å². The minimum Gasteiger partial charge on any atom is -0.478 e. The zero-order chi connectivity index (χ0) is 12.6. The quantitative estimate of drug-likeness (QED) is 0.881. The SMILES string of the molecule is CCc1cc(C(=O)O)cc2c(C)cn(CC)c12. The minimum atomic E-state index is -0.856. The van der Waals surface area contributed by atoms with Crippen LogP contribution in [0.3, 0.4) is 0 Å². The highest BCUT2D eigenvalue weighted by atomic mass is 16.4. The Hall–Kier alpha value is -1.77. The Morgan fingerprint density at radius 2 is 2.06 bits per heavy atom. The molecule has 0 saturated heterocycles. The van der Waals surface area contributed by atoms with Gasteiger partial charge < -0.3 is 9.67 Å². The maximum atomic E-state index is 11.1. The Morgan fingerprint density at radius 3 is 2.59 bits per heavy atom. The number of carboxylic acids is 1. The van der Waals surface area contributed by atoms with Gasteiger partial charge in [0, 0.05) is 18.1 Å². The molecule has 0 atom stereocenters. The van der Waals surface area contributed by atoms with Gasteiger partial charge in [-0.2, -0.15) is 0 Å². The number of rotatable bonds is 3. The van der Waals surface area contributed by atoms with Crippen LogP contribution in [0, 0.1) is 6.92 Å². The summed E-state index contributed by atoms with van der Waals surface area (Å²) in [6, 6.07) is 3.56. The van der Waals surface area contributed by atoms with Crippen LogP contribution in [0.25, 0.3) is 10.9 Å². The molecule has 3 nitrogen and oxygen atoms in total. The van der Waals surface area contributed by atoms with Gasteiger partial charge in [-0.05, 0) is 43.5 Å². The molecular weight excluding hydrogens is 214 g/mol. The molecule has 1 N–H and O–H groups in total. The zero-order valence-corrected chi connectivity index (χ0v) is 10.4. The third-order valence-corrected chi connectivity index (χ3v) is 3.22. The highest BCUT2D eigenvalue weighted by Crippen LogP contribution is 2.26. The lowest BCUT2D eigenvalue weighted by Crippen LogP contribution is -2.00. The third-order valence-electron chi connectivity index (χ3n) is 3.22. The molecule has 2 aromatic rings. The first-order valence-corrected chi connectivity index (χ1v) is 5.94. The van der Waals surface area contributed by atoms with Crippen molar-refractivity contribution in [2.24, 2.45) is 0 Å². The first-order chi connectivity index (χ1) is 8.08. The van der Waals surface area contributed by atoms with Gasteiger partial charge in [0.1, 0.15) is 0 Å². The molecule has 0 aliphatic carbocycles. The molecule has 0 saturated carbocycles. The number of hydrogen-bond donors (Lipinski definition) is 1. The highest BCUT2D eigenvalue weighted by Gasteiger charge is 2.13. The number of aromatic carboxylic acids is 1. The van der Waals surface area contributed by atoms with Crippen LogP contribution >= 0.6 is 0 Å². The molecule has 0 radical (unpaired) electrons. The maximum absolute atomic E-state index is 11.1. The molecule has 90 valence electrons. The van der Waals surface area contributed by atoms with Crippen molar-refractivity contribution in [3.63, 3.8) is 0 Å². The molecule has 1 aromatic heterocycles. The number of benzene rings is 1. The van der Waals surface area contributed by atoms with E-state index < -0.39 is 5.97 Å². The summed E-state index contributed by atoms with van der Waals surface area (Å²) < 4.78 is 2.19. The monoisotopic (exact) mass is 231 g/mol. The Kier molecular flexibility index (Phi) is 2.92. The first-order valence-electron chi connectivity index (χ1n) is 5.94. The molecule has 0 bridgehead atoms. The average molecular weight is 231 g/mol. The van der Waals surface area contributed by atoms with Crippen LogP contribution in [0.4, 0.5) is 0 Å². The molecule has 17 heavy (non-hydrogen) atoms. The maximum Gasteiger partial charge on any atom is 0.335 e. The lowest BCUT2D eigenvalue weighted by atomic mass is 10.0. The van der Waals surface area contributed by atoms with Crippen molar-refractivity contribution in [2.75, 3.05) is 0 Å². The highest BCUT2D eigenvalue weighted by molar-refractivity contribution is 5.96. The molecule has 0 fully saturated rings. The molecule has 0 aliphatic heterocycles. The number of aromatic nitrogens is 1. The average Bonchev–Trinajstić information content (AvgIpc) is 2.65. The van der Waals surface area contributed by atoms with Crippen LogP contribution in [0.2, 0.25) is 0 Å². The zero-order valence-electron chi connectivity index (χ0n) is 10.4. The van der Waals surface area contributed by atoms with E-state index in [0.29, 0.717) is 5.56 Å². The predicted molar refractivity (Wildman–Crippen MR) is 68.7 cm³/mol. The van der Waals surface area contributed by atoms with Crippen LogP contribution in [0.5, 0.6) is 0 Å². The van der Waals surface area contributed by atoms with Crippen LogP contribution in [0.15, 0.2) is 18.3 Å². The summed E-state index contributed by atoms with van der Waals surface area (Å²) in [4.78, 5) is 11.1. The van der Waals surface area contributed by atoms with E-state index in [1.165, 1.54) is 5.52 Å². The van der Waals surface area contributed by atoms with Crippen molar-refractivity contribution in [1.82, 2.24) is 4.57 Å². The Bertz CT molecular complexity index is 581. The van der Waals surface area contributed by atoms with Crippen LogP contribution in [-0.4, -0.2) is 15.6 Å². The van der Waals surface area contributed by atoms with Crippen molar-refractivity contribution in [3.8, 4) is 0 Å². The van der Waals surface area contributed by atoms with Gasteiger partial charge in [0.25, 0.3) is 0 Å². The fraction of sp³-hybridized carbons (Fsp3) is 0.357. The molecule has 0 unspecified atom stereocenters. The normalized spacial score (nSPS) is 11.0. The number of carboxylic acid groups (broad SMARTS) is 1. The fourth-order valence-corrected chi connectivity index (χ4v) is 2.34. The third kappa shape index (κ3) is 1.82. The van der Waals surface area contributed by atoms with Crippen LogP contribution in [-0.2, 0) is 13.0 Å². The number of fused-ring (bicyclic) bond motifs is 1. The number of nitrogens with zero attached hydrogens (tertiary/aromatic N) is 1. The van der Waals surface area contributed by atoms with E-state index in [4.69, 9.17) is 5.11 Å². The van der Waals surface area contributed by atoms with Crippen molar-refractivity contribution in [3.05, 3.63) is 35.0 Å². The first kappa shape index (κ1) is 11.7. The fourth-order valence-electron chi connectivity index (χ4n) is 2.34. The molecule has 2 rings (SSSR count). The lowest BCUT2D eigenvalue weighted by molar-refractivity contribution is 0.0697. The van der Waals surface area contributed by atoms with Crippen molar-refractivity contribution in [1.29, 1.82) is 0 Å². The molecule has 3 heteroatoms. The second kappa shape index (κ2) is 4.24. The number of hydrogen-bond acceptors (Lipinski definition) is 1. The Morgan fingerprint density at radius 1 is 1.35 bits per heavy atom. The van der Waals surface area contributed by atoms with E-state index in [-0.39, 0.29) is 0 Å². The van der Waals surface area contributed by atoms with Gasteiger partial charge in [-0.3, -0.25) is 0 Å². The second-order valence-corrected chi connectivity index (χ2v) is 4.29. The number of carbonyl (C=O) groups is 1. The van der Waals surface area contributed by atoms with Crippen LogP contribution in [0.1, 0.15) is 35.3 Å². The standard InChI is InChI=1S/C14H17NO2/c1-4-10-6-11(14(16)17)7-12-9(3)8-15(5-2)13(10)12/h6-8H,4-5H2,1-3H3,(H,16,17). The van der Waals surface area contributed by atoms with Gasteiger partial charge in [-0.15, -0.1) is 0 Å². The smallest absolute Gasteiger partial charge is 0.335 e. The van der Waals surface area contributed by atoms with E-state index in [1.54, 1.807) is 12.1 Å². The van der Waals surface area contributed by atoms with Crippen LogP contribution < -0.4 is 0 Å². The molecule has 0 spiro atoms. The van der Waals surface area contributed by atoms with Gasteiger partial charge in [-0.25, -0.2) is 4.79 Å². The van der Waals surface area contributed by atoms with E-state index in [2.05, 4.69) is 24.6 Å². The summed E-state index contributed by atoms with van der Waals surface area (Å²) in [7, 11) is 0. The summed E-state index contributed by atoms with van der Waals surface area (Å²) in [6.45, 7) is 7.09. The molecule has 0 aliphatic rings. The molecule has 1 heterocycles. The van der Waals surface area contributed by atoms with E-state index >= 15 is 0 Å². The van der Waals surface area contributed by atoms with Crippen molar-refractivity contribution in [2.45, 2.75) is 33.7 Å². The largest absolute Gasteiger partial charge is 0.478 e. The molecule has 0 amide bonds. The molecule has 1 aromatic carbocycles. The predicted octanol–water partition coefficient (Wildman–Crippen LogP) is 3.23. The summed E-state index contributed by atoms with van der Waals surface area (Å²) in [5.41, 5.74) is 3.80. The minimum absolute atomic E-state index is 0.381.